The van der Waals surface area contributed by atoms with Crippen molar-refractivity contribution in [3.05, 3.63) is 54.4 Å². The van der Waals surface area contributed by atoms with Gasteiger partial charge in [0.05, 0.1) is 13.2 Å². The van der Waals surface area contributed by atoms with Gasteiger partial charge in [-0.25, -0.2) is 14.8 Å². The minimum absolute atomic E-state index is 0.236. The Morgan fingerprint density at radius 3 is 2.67 bits per heavy atom. The zero-order chi connectivity index (χ0) is 20.8. The molecule has 1 saturated heterocycles. The molecule has 0 unspecified atom stereocenters. The van der Waals surface area contributed by atoms with Gasteiger partial charge < -0.3 is 25.6 Å². The van der Waals surface area contributed by atoms with E-state index in [4.69, 9.17) is 4.74 Å². The van der Waals surface area contributed by atoms with Gasteiger partial charge in [-0.15, -0.1) is 0 Å². The van der Waals surface area contributed by atoms with Gasteiger partial charge in [0.15, 0.2) is 0 Å². The number of hydrogen-bond acceptors (Lipinski definition) is 6. The summed E-state index contributed by atoms with van der Waals surface area (Å²) in [5.74, 6) is 2.36. The van der Waals surface area contributed by atoms with Gasteiger partial charge in [-0.1, -0.05) is 30.3 Å². The van der Waals surface area contributed by atoms with Crippen LogP contribution in [0.3, 0.4) is 0 Å². The number of anilines is 3. The van der Waals surface area contributed by atoms with Gasteiger partial charge in [0.1, 0.15) is 17.5 Å². The number of aryl methyl sites for hydroxylation is 1. The van der Waals surface area contributed by atoms with Crippen molar-refractivity contribution in [2.45, 2.75) is 6.92 Å². The zero-order valence-corrected chi connectivity index (χ0v) is 17.0. The first-order valence-corrected chi connectivity index (χ1v) is 10.1. The Bertz CT molecular complexity index is 1020. The molecule has 2 aromatic carbocycles. The Balaban J connectivity index is 1.26. The highest BCUT2D eigenvalue weighted by molar-refractivity contribution is 5.93. The van der Waals surface area contributed by atoms with Crippen LogP contribution in [0.25, 0.3) is 10.8 Å². The Morgan fingerprint density at radius 1 is 1.03 bits per heavy atom. The van der Waals surface area contributed by atoms with Gasteiger partial charge in [0, 0.05) is 37.9 Å². The van der Waals surface area contributed by atoms with Crippen LogP contribution in [0.15, 0.2) is 48.5 Å². The number of nitrogens with one attached hydrogen (secondary N) is 3. The summed E-state index contributed by atoms with van der Waals surface area (Å²) in [5, 5.41) is 11.2. The number of aromatic nitrogens is 2. The monoisotopic (exact) mass is 406 g/mol. The maximum atomic E-state index is 12.2. The molecule has 0 saturated carbocycles. The first kappa shape index (κ1) is 19.9. The molecule has 0 bridgehead atoms. The van der Waals surface area contributed by atoms with E-state index in [0.717, 1.165) is 41.2 Å². The summed E-state index contributed by atoms with van der Waals surface area (Å²) in [6.07, 6.45) is 0. The lowest BCUT2D eigenvalue weighted by Crippen LogP contribution is -2.37. The van der Waals surface area contributed by atoms with Crippen molar-refractivity contribution < 1.29 is 9.53 Å². The van der Waals surface area contributed by atoms with Crippen molar-refractivity contribution >= 4 is 34.1 Å². The molecule has 1 fully saturated rings. The van der Waals surface area contributed by atoms with Crippen molar-refractivity contribution in [1.82, 2.24) is 15.3 Å². The van der Waals surface area contributed by atoms with Gasteiger partial charge in [0.25, 0.3) is 0 Å². The summed E-state index contributed by atoms with van der Waals surface area (Å²) in [5.41, 5.74) is 0.765. The first-order valence-electron chi connectivity index (χ1n) is 10.1. The molecular weight excluding hydrogens is 380 g/mol. The summed E-state index contributed by atoms with van der Waals surface area (Å²) in [7, 11) is 0. The predicted molar refractivity (Wildman–Crippen MR) is 119 cm³/mol. The van der Waals surface area contributed by atoms with E-state index in [1.165, 1.54) is 0 Å². The lowest BCUT2D eigenvalue weighted by Gasteiger charge is -2.28. The Labute approximate surface area is 175 Å². The quantitative estimate of drug-likeness (QED) is 0.545. The Kier molecular flexibility index (Phi) is 6.24. The second-order valence-electron chi connectivity index (χ2n) is 7.13. The normalized spacial score (nSPS) is 13.8. The van der Waals surface area contributed by atoms with Crippen LogP contribution in [0.2, 0.25) is 0 Å². The van der Waals surface area contributed by atoms with E-state index < -0.39 is 0 Å². The molecule has 3 N–H and O–H groups in total. The molecule has 1 aromatic heterocycles. The molecule has 156 valence electrons. The van der Waals surface area contributed by atoms with E-state index in [0.29, 0.717) is 32.1 Å². The standard InChI is InChI=1S/C22H26N6O2/c1-16-25-20(15-21(26-16)28-10-12-30-13-11-28)23-8-9-24-22(29)27-19-7-6-17-4-2-3-5-18(17)14-19/h2-7,14-15H,8-13H2,1H3,(H,23,25,26)(H2,24,27,29). The summed E-state index contributed by atoms with van der Waals surface area (Å²) >= 11 is 0. The van der Waals surface area contributed by atoms with Crippen LogP contribution < -0.4 is 20.9 Å². The molecule has 0 atom stereocenters. The van der Waals surface area contributed by atoms with Crippen LogP contribution in [0.4, 0.5) is 22.1 Å². The second-order valence-corrected chi connectivity index (χ2v) is 7.13. The van der Waals surface area contributed by atoms with Crippen molar-refractivity contribution in [3.63, 3.8) is 0 Å². The average Bonchev–Trinajstić information content (AvgIpc) is 2.77. The SMILES string of the molecule is Cc1nc(NCCNC(=O)Nc2ccc3ccccc3c2)cc(N2CCOCC2)n1. The molecule has 30 heavy (non-hydrogen) atoms. The number of rotatable bonds is 6. The molecule has 0 radical (unpaired) electrons. The summed E-state index contributed by atoms with van der Waals surface area (Å²) in [4.78, 5) is 23.3. The van der Waals surface area contributed by atoms with E-state index >= 15 is 0 Å². The number of fused-ring (bicyclic) bond motifs is 1. The molecule has 1 aliphatic heterocycles. The highest BCUT2D eigenvalue weighted by Gasteiger charge is 2.14. The van der Waals surface area contributed by atoms with Gasteiger partial charge >= 0.3 is 6.03 Å². The minimum atomic E-state index is -0.236. The number of carbonyl (C=O) groups is 1. The van der Waals surface area contributed by atoms with E-state index in [1.54, 1.807) is 0 Å². The second kappa shape index (κ2) is 9.41. The third-order valence-electron chi connectivity index (χ3n) is 4.88. The lowest BCUT2D eigenvalue weighted by molar-refractivity contribution is 0.122. The van der Waals surface area contributed by atoms with Crippen molar-refractivity contribution in [2.24, 2.45) is 0 Å². The maximum Gasteiger partial charge on any atom is 0.319 e. The number of carbonyl (C=O) groups excluding carboxylic acids is 1. The molecule has 8 nitrogen and oxygen atoms in total. The number of benzene rings is 2. The molecule has 0 spiro atoms. The number of urea groups is 1. The average molecular weight is 406 g/mol. The van der Waals surface area contributed by atoms with Gasteiger partial charge in [-0.2, -0.15) is 0 Å². The van der Waals surface area contributed by atoms with Crippen molar-refractivity contribution in [3.8, 4) is 0 Å². The fourth-order valence-electron chi connectivity index (χ4n) is 3.41. The molecule has 2 heterocycles. The zero-order valence-electron chi connectivity index (χ0n) is 17.0. The van der Waals surface area contributed by atoms with Crippen LogP contribution >= 0.6 is 0 Å². The van der Waals surface area contributed by atoms with Crippen LogP contribution in [0.1, 0.15) is 5.82 Å². The van der Waals surface area contributed by atoms with Crippen LogP contribution in [-0.2, 0) is 4.74 Å². The van der Waals surface area contributed by atoms with E-state index in [-0.39, 0.29) is 6.03 Å². The fourth-order valence-corrected chi connectivity index (χ4v) is 3.41. The highest BCUT2D eigenvalue weighted by Crippen LogP contribution is 2.19. The van der Waals surface area contributed by atoms with Crippen molar-refractivity contribution in [1.29, 1.82) is 0 Å². The van der Waals surface area contributed by atoms with Gasteiger partial charge in [-0.3, -0.25) is 0 Å². The van der Waals surface area contributed by atoms with E-state index in [2.05, 4.69) is 30.8 Å². The smallest absolute Gasteiger partial charge is 0.319 e. The number of hydrogen-bond donors (Lipinski definition) is 3. The number of nitrogens with zero attached hydrogens (tertiary/aromatic N) is 3. The number of ether oxygens (including phenoxy) is 1. The maximum absolute atomic E-state index is 12.2. The Hall–Kier alpha value is -3.39. The fraction of sp³-hybridized carbons (Fsp3) is 0.318. The summed E-state index contributed by atoms with van der Waals surface area (Å²) in [6.45, 7) is 5.98. The predicted octanol–water partition coefficient (Wildman–Crippen LogP) is 3.01. The van der Waals surface area contributed by atoms with Crippen molar-refractivity contribution in [2.75, 3.05) is 54.9 Å². The molecule has 4 rings (SSSR count). The summed E-state index contributed by atoms with van der Waals surface area (Å²) in [6, 6.07) is 15.6. The molecule has 8 heteroatoms. The topological polar surface area (TPSA) is 91.4 Å². The summed E-state index contributed by atoms with van der Waals surface area (Å²) < 4.78 is 5.40. The Morgan fingerprint density at radius 2 is 1.83 bits per heavy atom. The van der Waals surface area contributed by atoms with Gasteiger partial charge in [0.2, 0.25) is 0 Å². The highest BCUT2D eigenvalue weighted by atomic mass is 16.5. The third kappa shape index (κ3) is 5.15. The lowest BCUT2D eigenvalue weighted by atomic mass is 10.1. The third-order valence-corrected chi connectivity index (χ3v) is 4.88. The molecule has 2 amide bonds. The van der Waals surface area contributed by atoms with Crippen LogP contribution in [0, 0.1) is 6.92 Å². The minimum Gasteiger partial charge on any atom is -0.378 e. The van der Waals surface area contributed by atoms with E-state index in [9.17, 15) is 4.79 Å². The first-order chi connectivity index (χ1) is 14.7. The largest absolute Gasteiger partial charge is 0.378 e. The van der Waals surface area contributed by atoms with Crippen LogP contribution in [-0.4, -0.2) is 55.4 Å². The molecule has 3 aromatic rings. The number of morpholine rings is 1. The number of amides is 2. The molecule has 1 aliphatic rings. The van der Waals surface area contributed by atoms with E-state index in [1.807, 2.05) is 55.5 Å². The molecule has 0 aliphatic carbocycles. The molecular formula is C22H26N6O2. The van der Waals surface area contributed by atoms with Gasteiger partial charge in [-0.05, 0) is 29.8 Å². The van der Waals surface area contributed by atoms with Crippen LogP contribution in [0.5, 0.6) is 0 Å².